The number of amides is 1. The Kier molecular flexibility index (Phi) is 4.15. The fraction of sp³-hybridized carbons (Fsp3) is 0.250. The van der Waals surface area contributed by atoms with E-state index in [4.69, 9.17) is 16.3 Å². The Morgan fingerprint density at radius 3 is 3.05 bits per heavy atom. The second-order valence-electron chi connectivity index (χ2n) is 5.13. The van der Waals surface area contributed by atoms with Gasteiger partial charge >= 0.3 is 0 Å². The molecule has 1 aliphatic rings. The van der Waals surface area contributed by atoms with Crippen LogP contribution in [-0.4, -0.2) is 40.1 Å². The molecular formula is C16H15ClN2O3. The zero-order valence-electron chi connectivity index (χ0n) is 11.8. The molecule has 2 heterocycles. The molecule has 1 aromatic heterocycles. The van der Waals surface area contributed by atoms with Crippen molar-refractivity contribution in [1.29, 1.82) is 0 Å². The molecule has 0 bridgehead atoms. The Bertz CT molecular complexity index is 693. The zero-order chi connectivity index (χ0) is 15.5. The minimum atomic E-state index is -0.211. The first-order valence-corrected chi connectivity index (χ1v) is 7.36. The molecule has 1 fully saturated rings. The second kappa shape index (κ2) is 6.23. The molecule has 22 heavy (non-hydrogen) atoms. The van der Waals surface area contributed by atoms with Crippen molar-refractivity contribution in [3.05, 3.63) is 53.3 Å². The maximum atomic E-state index is 12.4. The molecule has 1 aliphatic heterocycles. The number of hydrogen-bond donors (Lipinski definition) is 1. The van der Waals surface area contributed by atoms with Crippen LogP contribution in [0.4, 0.5) is 0 Å². The summed E-state index contributed by atoms with van der Waals surface area (Å²) in [6.45, 7) is 1.07. The summed E-state index contributed by atoms with van der Waals surface area (Å²) in [5.74, 6) is 0.377. The van der Waals surface area contributed by atoms with E-state index in [9.17, 15) is 9.90 Å². The largest absolute Gasteiger partial charge is 0.505 e. The molecule has 1 N–H and O–H groups in total. The van der Waals surface area contributed by atoms with E-state index in [0.717, 1.165) is 6.42 Å². The number of carbonyl (C=O) groups excluding carboxylic acids is 1. The van der Waals surface area contributed by atoms with Gasteiger partial charge in [-0.2, -0.15) is 0 Å². The minimum absolute atomic E-state index is 0.0774. The van der Waals surface area contributed by atoms with Gasteiger partial charge in [0.1, 0.15) is 17.6 Å². The van der Waals surface area contributed by atoms with Gasteiger partial charge in [0.25, 0.3) is 5.91 Å². The first-order valence-electron chi connectivity index (χ1n) is 6.98. The molecule has 0 saturated carbocycles. The van der Waals surface area contributed by atoms with Gasteiger partial charge in [0.15, 0.2) is 0 Å². The van der Waals surface area contributed by atoms with E-state index in [1.807, 2.05) is 12.1 Å². The second-order valence-corrected chi connectivity index (χ2v) is 5.57. The lowest BCUT2D eigenvalue weighted by atomic mass is 10.2. The Hall–Kier alpha value is -2.27. The van der Waals surface area contributed by atoms with E-state index in [1.54, 1.807) is 17.0 Å². The SMILES string of the molecule is O=C(c1ccncc1O)N1CCC(Oc2cccc(Cl)c2)C1. The summed E-state index contributed by atoms with van der Waals surface area (Å²) in [5, 5.41) is 10.3. The monoisotopic (exact) mass is 318 g/mol. The van der Waals surface area contributed by atoms with Crippen LogP contribution in [-0.2, 0) is 0 Å². The number of likely N-dealkylation sites (tertiary alicyclic amines) is 1. The summed E-state index contributed by atoms with van der Waals surface area (Å²) in [5.41, 5.74) is 0.262. The molecule has 1 unspecified atom stereocenters. The smallest absolute Gasteiger partial charge is 0.257 e. The highest BCUT2D eigenvalue weighted by Gasteiger charge is 2.29. The standard InChI is InChI=1S/C16H15ClN2O3/c17-11-2-1-3-12(8-11)22-13-5-7-19(10-13)16(21)14-4-6-18-9-15(14)20/h1-4,6,8-9,13,20H,5,7,10H2. The van der Waals surface area contributed by atoms with E-state index < -0.39 is 0 Å². The zero-order valence-corrected chi connectivity index (χ0v) is 12.5. The van der Waals surface area contributed by atoms with Gasteiger partial charge in [-0.1, -0.05) is 17.7 Å². The lowest BCUT2D eigenvalue weighted by Gasteiger charge is -2.17. The summed E-state index contributed by atoms with van der Waals surface area (Å²) in [6.07, 6.45) is 3.42. The molecule has 3 rings (SSSR count). The first kappa shape index (κ1) is 14.7. The number of hydrogen-bond acceptors (Lipinski definition) is 4. The van der Waals surface area contributed by atoms with Crippen molar-refractivity contribution in [2.45, 2.75) is 12.5 Å². The van der Waals surface area contributed by atoms with Crippen LogP contribution in [0.2, 0.25) is 5.02 Å². The van der Waals surface area contributed by atoms with Gasteiger partial charge in [0.05, 0.1) is 18.3 Å². The molecule has 114 valence electrons. The van der Waals surface area contributed by atoms with Gasteiger partial charge in [-0.05, 0) is 24.3 Å². The fourth-order valence-electron chi connectivity index (χ4n) is 2.48. The number of carbonyl (C=O) groups is 1. The summed E-state index contributed by atoms with van der Waals surface area (Å²) in [4.78, 5) is 17.8. The van der Waals surface area contributed by atoms with Crippen molar-refractivity contribution in [3.63, 3.8) is 0 Å². The molecule has 1 amide bonds. The summed E-state index contributed by atoms with van der Waals surface area (Å²) < 4.78 is 5.85. The van der Waals surface area contributed by atoms with Crippen LogP contribution < -0.4 is 4.74 Å². The third kappa shape index (κ3) is 3.14. The van der Waals surface area contributed by atoms with Gasteiger partial charge in [-0.3, -0.25) is 9.78 Å². The Morgan fingerprint density at radius 1 is 1.41 bits per heavy atom. The van der Waals surface area contributed by atoms with Crippen molar-refractivity contribution in [2.75, 3.05) is 13.1 Å². The molecule has 1 atom stereocenters. The normalized spacial score (nSPS) is 17.5. The van der Waals surface area contributed by atoms with Crippen LogP contribution in [0.1, 0.15) is 16.8 Å². The number of aromatic hydroxyl groups is 1. The highest BCUT2D eigenvalue weighted by Crippen LogP contribution is 2.24. The van der Waals surface area contributed by atoms with Crippen LogP contribution in [0.15, 0.2) is 42.7 Å². The minimum Gasteiger partial charge on any atom is -0.505 e. The van der Waals surface area contributed by atoms with Crippen LogP contribution in [0.3, 0.4) is 0 Å². The van der Waals surface area contributed by atoms with Crippen LogP contribution in [0.5, 0.6) is 11.5 Å². The lowest BCUT2D eigenvalue weighted by molar-refractivity contribution is 0.0769. The predicted molar refractivity (Wildman–Crippen MR) is 82.3 cm³/mol. The maximum absolute atomic E-state index is 12.4. The van der Waals surface area contributed by atoms with E-state index in [1.165, 1.54) is 18.5 Å². The summed E-state index contributed by atoms with van der Waals surface area (Å²) in [6, 6.07) is 8.71. The van der Waals surface area contributed by atoms with E-state index in [2.05, 4.69) is 4.98 Å². The molecule has 0 aliphatic carbocycles. The van der Waals surface area contributed by atoms with Gasteiger partial charge in [-0.15, -0.1) is 0 Å². The van der Waals surface area contributed by atoms with Crippen molar-refractivity contribution in [2.24, 2.45) is 0 Å². The third-order valence-corrected chi connectivity index (χ3v) is 3.80. The predicted octanol–water partition coefficient (Wildman–Crippen LogP) is 2.73. The van der Waals surface area contributed by atoms with Gasteiger partial charge in [0, 0.05) is 24.2 Å². The number of nitrogens with zero attached hydrogens (tertiary/aromatic N) is 2. The lowest BCUT2D eigenvalue weighted by Crippen LogP contribution is -2.31. The Balaban J connectivity index is 1.65. The topological polar surface area (TPSA) is 62.7 Å². The molecule has 0 spiro atoms. The molecule has 6 heteroatoms. The van der Waals surface area contributed by atoms with Crippen molar-refractivity contribution < 1.29 is 14.6 Å². The molecule has 1 saturated heterocycles. The average Bonchev–Trinajstić information content (AvgIpc) is 2.95. The number of aromatic nitrogens is 1. The number of ether oxygens (including phenoxy) is 1. The van der Waals surface area contributed by atoms with Gasteiger partial charge in [0.2, 0.25) is 0 Å². The number of rotatable bonds is 3. The molecule has 5 nitrogen and oxygen atoms in total. The van der Waals surface area contributed by atoms with Crippen molar-refractivity contribution in [1.82, 2.24) is 9.88 Å². The number of halogens is 1. The van der Waals surface area contributed by atoms with Crippen molar-refractivity contribution in [3.8, 4) is 11.5 Å². The van der Waals surface area contributed by atoms with E-state index >= 15 is 0 Å². The van der Waals surface area contributed by atoms with Crippen LogP contribution >= 0.6 is 11.6 Å². The molecule has 1 aromatic carbocycles. The molecule has 2 aromatic rings. The number of pyridine rings is 1. The van der Waals surface area contributed by atoms with E-state index in [-0.39, 0.29) is 23.3 Å². The quantitative estimate of drug-likeness (QED) is 0.945. The van der Waals surface area contributed by atoms with Crippen molar-refractivity contribution >= 4 is 17.5 Å². The first-order chi connectivity index (χ1) is 10.6. The maximum Gasteiger partial charge on any atom is 0.257 e. The molecule has 0 radical (unpaired) electrons. The Labute approximate surface area is 133 Å². The van der Waals surface area contributed by atoms with E-state index in [0.29, 0.717) is 23.9 Å². The van der Waals surface area contributed by atoms with Gasteiger partial charge < -0.3 is 14.7 Å². The van der Waals surface area contributed by atoms with Gasteiger partial charge in [-0.25, -0.2) is 0 Å². The highest BCUT2D eigenvalue weighted by molar-refractivity contribution is 6.30. The van der Waals surface area contributed by atoms with Crippen LogP contribution in [0, 0.1) is 0 Å². The number of benzene rings is 1. The summed E-state index contributed by atoms with van der Waals surface area (Å²) in [7, 11) is 0. The Morgan fingerprint density at radius 2 is 2.27 bits per heavy atom. The molecular weight excluding hydrogens is 304 g/mol. The average molecular weight is 319 g/mol. The summed E-state index contributed by atoms with van der Waals surface area (Å²) >= 11 is 5.93. The highest BCUT2D eigenvalue weighted by atomic mass is 35.5. The fourth-order valence-corrected chi connectivity index (χ4v) is 2.66. The van der Waals surface area contributed by atoms with Crippen LogP contribution in [0.25, 0.3) is 0 Å². The third-order valence-electron chi connectivity index (χ3n) is 3.56.